The molecule has 110 valence electrons. The molecule has 2 fully saturated rings. The van der Waals surface area contributed by atoms with Crippen molar-refractivity contribution in [2.75, 3.05) is 13.1 Å². The average molecular weight is 275 g/mol. The molecule has 1 heterocycles. The van der Waals surface area contributed by atoms with Gasteiger partial charge in [-0.15, -0.1) is 0 Å². The Bertz CT molecular complexity index is 472. The molecule has 1 saturated carbocycles. The van der Waals surface area contributed by atoms with Gasteiger partial charge in [0.15, 0.2) is 0 Å². The van der Waals surface area contributed by atoms with Crippen molar-refractivity contribution < 1.29 is 4.39 Å². The standard InChI is InChI=1S/C18H26FN/c1-13-6-7-14(2)18(11-13)8-9-20-12-17(18)15-4-3-5-16(19)10-15/h3-5,10,13-14,17,20H,6-9,11-12H2,1-2H3. The van der Waals surface area contributed by atoms with E-state index in [0.29, 0.717) is 11.3 Å². The number of hydrogen-bond donors (Lipinski definition) is 1. The van der Waals surface area contributed by atoms with E-state index in [9.17, 15) is 4.39 Å². The van der Waals surface area contributed by atoms with E-state index >= 15 is 0 Å². The fourth-order valence-corrected chi connectivity index (χ4v) is 4.73. The zero-order valence-corrected chi connectivity index (χ0v) is 12.7. The van der Waals surface area contributed by atoms with Gasteiger partial charge in [-0.1, -0.05) is 32.4 Å². The maximum absolute atomic E-state index is 13.6. The number of nitrogens with one attached hydrogen (secondary N) is 1. The van der Waals surface area contributed by atoms with Crippen molar-refractivity contribution in [1.82, 2.24) is 5.32 Å². The van der Waals surface area contributed by atoms with Crippen LogP contribution in [0.5, 0.6) is 0 Å². The second-order valence-corrected chi connectivity index (χ2v) is 7.08. The molecule has 0 bridgehead atoms. The summed E-state index contributed by atoms with van der Waals surface area (Å²) in [7, 11) is 0. The van der Waals surface area contributed by atoms with Crippen LogP contribution in [0.4, 0.5) is 4.39 Å². The van der Waals surface area contributed by atoms with Crippen molar-refractivity contribution in [3.05, 3.63) is 35.6 Å². The lowest BCUT2D eigenvalue weighted by Gasteiger charge is -2.53. The van der Waals surface area contributed by atoms with Crippen LogP contribution in [0.25, 0.3) is 0 Å². The van der Waals surface area contributed by atoms with Crippen molar-refractivity contribution in [3.63, 3.8) is 0 Å². The monoisotopic (exact) mass is 275 g/mol. The Kier molecular flexibility index (Phi) is 3.85. The third-order valence-corrected chi connectivity index (χ3v) is 5.86. The Morgan fingerprint density at radius 2 is 2.10 bits per heavy atom. The predicted octanol–water partition coefficient (Wildman–Crippen LogP) is 4.35. The average Bonchev–Trinajstić information content (AvgIpc) is 2.44. The van der Waals surface area contributed by atoms with E-state index in [-0.39, 0.29) is 5.82 Å². The van der Waals surface area contributed by atoms with Crippen LogP contribution in [0, 0.1) is 23.1 Å². The summed E-state index contributed by atoms with van der Waals surface area (Å²) in [5.74, 6) is 1.92. The van der Waals surface area contributed by atoms with Crippen molar-refractivity contribution >= 4 is 0 Å². The first-order chi connectivity index (χ1) is 9.62. The summed E-state index contributed by atoms with van der Waals surface area (Å²) >= 11 is 0. The van der Waals surface area contributed by atoms with E-state index in [1.54, 1.807) is 12.1 Å². The van der Waals surface area contributed by atoms with Crippen LogP contribution in [0.15, 0.2) is 24.3 Å². The highest BCUT2D eigenvalue weighted by atomic mass is 19.1. The molecule has 1 spiro atoms. The number of benzene rings is 1. The SMILES string of the molecule is CC1CCC(C)C2(CCNCC2c2cccc(F)c2)C1. The molecule has 1 aromatic rings. The van der Waals surface area contributed by atoms with Crippen LogP contribution >= 0.6 is 0 Å². The first-order valence-electron chi connectivity index (χ1n) is 8.08. The summed E-state index contributed by atoms with van der Waals surface area (Å²) in [6.07, 6.45) is 5.22. The van der Waals surface area contributed by atoms with Crippen LogP contribution < -0.4 is 5.32 Å². The van der Waals surface area contributed by atoms with Crippen molar-refractivity contribution in [1.29, 1.82) is 0 Å². The number of halogens is 1. The summed E-state index contributed by atoms with van der Waals surface area (Å²) in [6, 6.07) is 7.29. The van der Waals surface area contributed by atoms with Crippen LogP contribution in [0.1, 0.15) is 51.0 Å². The van der Waals surface area contributed by atoms with Crippen LogP contribution in [-0.4, -0.2) is 13.1 Å². The van der Waals surface area contributed by atoms with Gasteiger partial charge in [0.2, 0.25) is 0 Å². The highest BCUT2D eigenvalue weighted by Gasteiger charge is 2.47. The third-order valence-electron chi connectivity index (χ3n) is 5.86. The lowest BCUT2D eigenvalue weighted by molar-refractivity contribution is 0.0184. The molecule has 0 amide bonds. The van der Waals surface area contributed by atoms with E-state index in [4.69, 9.17) is 0 Å². The second-order valence-electron chi connectivity index (χ2n) is 7.08. The Hall–Kier alpha value is -0.890. The normalized spacial score (nSPS) is 38.0. The fraction of sp³-hybridized carbons (Fsp3) is 0.667. The molecule has 1 saturated heterocycles. The van der Waals surface area contributed by atoms with Crippen LogP contribution in [0.3, 0.4) is 0 Å². The van der Waals surface area contributed by atoms with E-state index in [0.717, 1.165) is 24.9 Å². The molecule has 20 heavy (non-hydrogen) atoms. The molecule has 2 aliphatic rings. The fourth-order valence-electron chi connectivity index (χ4n) is 4.73. The Morgan fingerprint density at radius 1 is 1.25 bits per heavy atom. The molecule has 1 aliphatic carbocycles. The molecule has 0 radical (unpaired) electrons. The largest absolute Gasteiger partial charge is 0.316 e. The topological polar surface area (TPSA) is 12.0 Å². The van der Waals surface area contributed by atoms with Gasteiger partial charge >= 0.3 is 0 Å². The summed E-state index contributed by atoms with van der Waals surface area (Å²) in [5, 5.41) is 3.54. The number of hydrogen-bond acceptors (Lipinski definition) is 1. The minimum absolute atomic E-state index is 0.0975. The highest BCUT2D eigenvalue weighted by molar-refractivity contribution is 5.25. The molecular formula is C18H26FN. The summed E-state index contributed by atoms with van der Waals surface area (Å²) in [4.78, 5) is 0. The van der Waals surface area contributed by atoms with Gasteiger partial charge in [0.25, 0.3) is 0 Å². The molecule has 1 N–H and O–H groups in total. The van der Waals surface area contributed by atoms with Gasteiger partial charge in [-0.2, -0.15) is 0 Å². The predicted molar refractivity (Wildman–Crippen MR) is 81.2 cm³/mol. The highest BCUT2D eigenvalue weighted by Crippen LogP contribution is 2.55. The quantitative estimate of drug-likeness (QED) is 0.803. The molecule has 3 rings (SSSR count). The maximum Gasteiger partial charge on any atom is 0.123 e. The van der Waals surface area contributed by atoms with Gasteiger partial charge in [-0.25, -0.2) is 4.39 Å². The van der Waals surface area contributed by atoms with Gasteiger partial charge in [0.1, 0.15) is 5.82 Å². The van der Waals surface area contributed by atoms with Gasteiger partial charge in [0.05, 0.1) is 0 Å². The van der Waals surface area contributed by atoms with E-state index < -0.39 is 0 Å². The summed E-state index contributed by atoms with van der Waals surface area (Å²) in [6.45, 7) is 6.92. The van der Waals surface area contributed by atoms with Crippen molar-refractivity contribution in [2.45, 2.75) is 45.4 Å². The molecule has 4 unspecified atom stereocenters. The Balaban J connectivity index is 1.98. The summed E-state index contributed by atoms with van der Waals surface area (Å²) in [5.41, 5.74) is 1.56. The van der Waals surface area contributed by atoms with E-state index in [1.807, 2.05) is 6.07 Å². The van der Waals surface area contributed by atoms with Gasteiger partial charge in [-0.05, 0) is 60.8 Å². The van der Waals surface area contributed by atoms with E-state index in [1.165, 1.54) is 31.2 Å². The minimum Gasteiger partial charge on any atom is -0.316 e. The molecule has 1 aromatic carbocycles. The second kappa shape index (κ2) is 5.48. The lowest BCUT2D eigenvalue weighted by Crippen LogP contribution is -2.49. The smallest absolute Gasteiger partial charge is 0.123 e. The van der Waals surface area contributed by atoms with Crippen LogP contribution in [0.2, 0.25) is 0 Å². The Labute approximate surface area is 122 Å². The van der Waals surface area contributed by atoms with E-state index in [2.05, 4.69) is 25.2 Å². The van der Waals surface area contributed by atoms with Crippen molar-refractivity contribution in [2.24, 2.45) is 17.3 Å². The molecular weight excluding hydrogens is 249 g/mol. The summed E-state index contributed by atoms with van der Waals surface area (Å²) < 4.78 is 13.6. The van der Waals surface area contributed by atoms with Crippen molar-refractivity contribution in [3.8, 4) is 0 Å². The number of piperidine rings is 1. The van der Waals surface area contributed by atoms with Gasteiger partial charge < -0.3 is 5.32 Å². The molecule has 1 aliphatic heterocycles. The number of rotatable bonds is 1. The lowest BCUT2D eigenvalue weighted by atomic mass is 9.54. The molecule has 2 heteroatoms. The first-order valence-corrected chi connectivity index (χ1v) is 8.08. The molecule has 0 aromatic heterocycles. The third kappa shape index (κ3) is 2.39. The Morgan fingerprint density at radius 3 is 2.90 bits per heavy atom. The van der Waals surface area contributed by atoms with Gasteiger partial charge in [0, 0.05) is 12.5 Å². The van der Waals surface area contributed by atoms with Gasteiger partial charge in [-0.3, -0.25) is 0 Å². The van der Waals surface area contributed by atoms with Crippen LogP contribution in [-0.2, 0) is 0 Å². The first kappa shape index (κ1) is 14.1. The zero-order chi connectivity index (χ0) is 14.2. The molecule has 4 atom stereocenters. The maximum atomic E-state index is 13.6. The molecule has 1 nitrogen and oxygen atoms in total. The zero-order valence-electron chi connectivity index (χ0n) is 12.7. The minimum atomic E-state index is -0.0975.